The Hall–Kier alpha value is -2.14. The summed E-state index contributed by atoms with van der Waals surface area (Å²) < 4.78 is 0. The zero-order valence-corrected chi connectivity index (χ0v) is 16.7. The third-order valence-electron chi connectivity index (χ3n) is 5.26. The van der Waals surface area contributed by atoms with Gasteiger partial charge in [0.1, 0.15) is 0 Å². The van der Waals surface area contributed by atoms with Gasteiger partial charge in [0.15, 0.2) is 0 Å². The molecule has 0 N–H and O–H groups in total. The summed E-state index contributed by atoms with van der Waals surface area (Å²) in [6, 6.07) is 11.9. The molecule has 138 valence electrons. The van der Waals surface area contributed by atoms with E-state index in [1.165, 1.54) is 4.88 Å². The third kappa shape index (κ3) is 3.54. The Morgan fingerprint density at radius 3 is 2.08 bits per heavy atom. The van der Waals surface area contributed by atoms with Gasteiger partial charge in [0, 0.05) is 31.1 Å². The van der Waals surface area contributed by atoms with Crippen LogP contribution in [-0.2, 0) is 10.2 Å². The number of carbonyl (C=O) groups excluding carboxylic acids is 2. The largest absolute Gasteiger partial charge is 0.338 e. The van der Waals surface area contributed by atoms with Crippen molar-refractivity contribution in [2.24, 2.45) is 0 Å². The van der Waals surface area contributed by atoms with E-state index >= 15 is 0 Å². The van der Waals surface area contributed by atoms with Crippen molar-refractivity contribution in [2.75, 3.05) is 26.2 Å². The lowest BCUT2D eigenvalue weighted by molar-refractivity contribution is -0.137. The molecule has 1 aliphatic rings. The van der Waals surface area contributed by atoms with Gasteiger partial charge in [0.2, 0.25) is 5.91 Å². The van der Waals surface area contributed by atoms with Gasteiger partial charge in [0.05, 0.1) is 10.3 Å². The quantitative estimate of drug-likeness (QED) is 0.828. The molecule has 1 aromatic heterocycles. The molecule has 5 heteroatoms. The second-order valence-electron chi connectivity index (χ2n) is 7.43. The Morgan fingerprint density at radius 1 is 0.962 bits per heavy atom. The molecule has 3 rings (SSSR count). The van der Waals surface area contributed by atoms with Gasteiger partial charge < -0.3 is 9.80 Å². The summed E-state index contributed by atoms with van der Waals surface area (Å²) in [5, 5.41) is 0. The Bertz CT molecular complexity index is 783. The van der Waals surface area contributed by atoms with E-state index in [-0.39, 0.29) is 11.8 Å². The molecule has 2 aromatic rings. The zero-order valence-electron chi connectivity index (χ0n) is 15.9. The van der Waals surface area contributed by atoms with Crippen LogP contribution in [0.3, 0.4) is 0 Å². The van der Waals surface area contributed by atoms with Crippen LogP contribution in [0.5, 0.6) is 0 Å². The van der Waals surface area contributed by atoms with Crippen LogP contribution in [0.4, 0.5) is 0 Å². The molecule has 0 unspecified atom stereocenters. The number of piperazine rings is 1. The molecule has 26 heavy (non-hydrogen) atoms. The minimum atomic E-state index is -0.560. The van der Waals surface area contributed by atoms with Crippen molar-refractivity contribution >= 4 is 23.2 Å². The minimum Gasteiger partial charge on any atom is -0.338 e. The van der Waals surface area contributed by atoms with Crippen LogP contribution in [0.15, 0.2) is 36.4 Å². The number of hydrogen-bond acceptors (Lipinski definition) is 3. The zero-order chi connectivity index (χ0) is 18.9. The van der Waals surface area contributed by atoms with Crippen molar-refractivity contribution in [3.05, 3.63) is 57.3 Å². The standard InChI is InChI=1S/C21H26N2O2S/c1-15-14-18(26-16(15)2)19(24)22-10-12-23(13-11-22)20(25)21(3,4)17-8-6-5-7-9-17/h5-9,14H,10-13H2,1-4H3. The van der Waals surface area contributed by atoms with Gasteiger partial charge in [-0.05, 0) is 44.9 Å². The highest BCUT2D eigenvalue weighted by atomic mass is 32.1. The van der Waals surface area contributed by atoms with Crippen LogP contribution < -0.4 is 0 Å². The average Bonchev–Trinajstić information content (AvgIpc) is 3.00. The number of benzene rings is 1. The van der Waals surface area contributed by atoms with Crippen LogP contribution in [0, 0.1) is 13.8 Å². The van der Waals surface area contributed by atoms with Gasteiger partial charge in [0.25, 0.3) is 5.91 Å². The fraction of sp³-hybridized carbons (Fsp3) is 0.429. The third-order valence-corrected chi connectivity index (χ3v) is 6.40. The predicted octanol–water partition coefficient (Wildman–Crippen LogP) is 3.63. The van der Waals surface area contributed by atoms with Crippen LogP contribution in [0.2, 0.25) is 0 Å². The van der Waals surface area contributed by atoms with Gasteiger partial charge in [-0.15, -0.1) is 11.3 Å². The van der Waals surface area contributed by atoms with Crippen LogP contribution in [0.25, 0.3) is 0 Å². The predicted molar refractivity (Wildman–Crippen MR) is 106 cm³/mol. The van der Waals surface area contributed by atoms with Crippen LogP contribution in [-0.4, -0.2) is 47.8 Å². The van der Waals surface area contributed by atoms with Crippen molar-refractivity contribution in [1.82, 2.24) is 9.80 Å². The van der Waals surface area contributed by atoms with Gasteiger partial charge in [-0.1, -0.05) is 30.3 Å². The molecule has 1 saturated heterocycles. The molecule has 0 radical (unpaired) electrons. The molecule has 1 aliphatic heterocycles. The first-order chi connectivity index (χ1) is 12.3. The van der Waals surface area contributed by atoms with Crippen molar-refractivity contribution in [3.63, 3.8) is 0 Å². The summed E-state index contributed by atoms with van der Waals surface area (Å²) in [6.45, 7) is 10.4. The SMILES string of the molecule is Cc1cc(C(=O)N2CCN(C(=O)C(C)(C)c3ccccc3)CC2)sc1C. The molecule has 1 fully saturated rings. The van der Waals surface area contributed by atoms with Crippen LogP contribution >= 0.6 is 11.3 Å². The number of aryl methyl sites for hydroxylation is 2. The van der Waals surface area contributed by atoms with Crippen molar-refractivity contribution in [1.29, 1.82) is 0 Å². The average molecular weight is 371 g/mol. The number of rotatable bonds is 3. The molecule has 0 bridgehead atoms. The van der Waals surface area contributed by atoms with E-state index in [0.717, 1.165) is 16.0 Å². The number of hydrogen-bond donors (Lipinski definition) is 0. The summed E-state index contributed by atoms with van der Waals surface area (Å²) >= 11 is 1.55. The molecular weight excluding hydrogens is 344 g/mol. The molecule has 2 heterocycles. The maximum atomic E-state index is 13.0. The molecule has 2 amide bonds. The fourth-order valence-corrected chi connectivity index (χ4v) is 4.32. The van der Waals surface area contributed by atoms with Crippen molar-refractivity contribution < 1.29 is 9.59 Å². The highest BCUT2D eigenvalue weighted by Gasteiger charge is 2.35. The summed E-state index contributed by atoms with van der Waals surface area (Å²) in [7, 11) is 0. The first-order valence-electron chi connectivity index (χ1n) is 9.02. The van der Waals surface area contributed by atoms with E-state index in [9.17, 15) is 9.59 Å². The Morgan fingerprint density at radius 2 is 1.54 bits per heavy atom. The van der Waals surface area contributed by atoms with E-state index in [4.69, 9.17) is 0 Å². The number of thiophene rings is 1. The lowest BCUT2D eigenvalue weighted by Gasteiger charge is -2.38. The van der Waals surface area contributed by atoms with E-state index in [1.807, 2.05) is 73.9 Å². The topological polar surface area (TPSA) is 40.6 Å². The smallest absolute Gasteiger partial charge is 0.264 e. The monoisotopic (exact) mass is 370 g/mol. The highest BCUT2D eigenvalue weighted by Crippen LogP contribution is 2.27. The second-order valence-corrected chi connectivity index (χ2v) is 8.68. The minimum absolute atomic E-state index is 0.0839. The number of carbonyl (C=O) groups is 2. The maximum Gasteiger partial charge on any atom is 0.264 e. The van der Waals surface area contributed by atoms with Crippen molar-refractivity contribution in [2.45, 2.75) is 33.1 Å². The lowest BCUT2D eigenvalue weighted by atomic mass is 9.83. The van der Waals surface area contributed by atoms with E-state index < -0.39 is 5.41 Å². The van der Waals surface area contributed by atoms with E-state index in [0.29, 0.717) is 26.2 Å². The van der Waals surface area contributed by atoms with Gasteiger partial charge >= 0.3 is 0 Å². The summed E-state index contributed by atoms with van der Waals surface area (Å²) in [5.74, 6) is 0.208. The summed E-state index contributed by atoms with van der Waals surface area (Å²) in [5.41, 5.74) is 1.62. The first kappa shape index (κ1) is 18.6. The van der Waals surface area contributed by atoms with E-state index in [1.54, 1.807) is 11.3 Å². The van der Waals surface area contributed by atoms with Gasteiger partial charge in [-0.25, -0.2) is 0 Å². The number of amides is 2. The molecule has 0 spiro atoms. The van der Waals surface area contributed by atoms with Gasteiger partial charge in [-0.2, -0.15) is 0 Å². The summed E-state index contributed by atoms with van der Waals surface area (Å²) in [6.07, 6.45) is 0. The van der Waals surface area contributed by atoms with E-state index in [2.05, 4.69) is 0 Å². The lowest BCUT2D eigenvalue weighted by Crippen LogP contribution is -2.54. The van der Waals surface area contributed by atoms with Crippen molar-refractivity contribution in [3.8, 4) is 0 Å². The molecule has 4 nitrogen and oxygen atoms in total. The summed E-state index contributed by atoms with van der Waals surface area (Å²) in [4.78, 5) is 31.5. The molecule has 0 saturated carbocycles. The van der Waals surface area contributed by atoms with Gasteiger partial charge in [-0.3, -0.25) is 9.59 Å². The Labute approximate surface area is 159 Å². The van der Waals surface area contributed by atoms with Crippen LogP contribution in [0.1, 0.15) is 39.5 Å². The first-order valence-corrected chi connectivity index (χ1v) is 9.83. The molecule has 0 aliphatic carbocycles. The Kier molecular flexibility index (Phi) is 5.19. The highest BCUT2D eigenvalue weighted by molar-refractivity contribution is 7.14. The molecule has 0 atom stereocenters. The Balaban J connectivity index is 1.64. The number of nitrogens with zero attached hydrogens (tertiary/aromatic N) is 2. The molecule has 1 aromatic carbocycles. The maximum absolute atomic E-state index is 13.0. The second kappa shape index (κ2) is 7.23. The molecular formula is C21H26N2O2S. The fourth-order valence-electron chi connectivity index (χ4n) is 3.32. The normalized spacial score (nSPS) is 15.2.